The van der Waals surface area contributed by atoms with Crippen molar-refractivity contribution in [3.05, 3.63) is 97.0 Å². The highest BCUT2D eigenvalue weighted by Gasteiger charge is 2.15. The van der Waals surface area contributed by atoms with Crippen molar-refractivity contribution < 1.29 is 19.2 Å². The molecule has 35 heavy (non-hydrogen) atoms. The van der Waals surface area contributed by atoms with Gasteiger partial charge in [0.05, 0.1) is 12.0 Å². The molecule has 0 saturated carbocycles. The molecule has 3 aromatic rings. The second-order valence-electron chi connectivity index (χ2n) is 7.66. The molecular weight excluding hydrogens is 514 g/mol. The number of nitro groups is 1. The molecule has 0 radical (unpaired) electrons. The third-order valence-electron chi connectivity index (χ3n) is 5.23. The van der Waals surface area contributed by atoms with Crippen molar-refractivity contribution in [1.29, 1.82) is 5.26 Å². The van der Waals surface area contributed by atoms with Crippen LogP contribution in [0.5, 0.6) is 11.5 Å². The van der Waals surface area contributed by atoms with Crippen LogP contribution in [-0.2, 0) is 11.4 Å². The zero-order chi connectivity index (χ0) is 25.5. The first-order chi connectivity index (χ1) is 16.7. The monoisotopic (exact) mass is 535 g/mol. The number of carbonyl (C=O) groups is 1. The molecule has 0 atom stereocenters. The minimum absolute atomic E-state index is 0.0251. The molecular formula is C26H22BrN3O5. The molecule has 0 unspecified atom stereocenters. The summed E-state index contributed by atoms with van der Waals surface area (Å²) in [5.41, 5.74) is 3.77. The van der Waals surface area contributed by atoms with E-state index in [1.807, 2.05) is 32.0 Å². The first-order valence-electron chi connectivity index (χ1n) is 10.5. The maximum Gasteiger partial charge on any atom is 0.269 e. The van der Waals surface area contributed by atoms with Gasteiger partial charge in [-0.2, -0.15) is 5.26 Å². The highest BCUT2D eigenvalue weighted by atomic mass is 79.9. The summed E-state index contributed by atoms with van der Waals surface area (Å²) in [4.78, 5) is 23.2. The lowest BCUT2D eigenvalue weighted by atomic mass is 10.1. The average Bonchev–Trinajstić information content (AvgIpc) is 2.84. The molecule has 0 heterocycles. The maximum absolute atomic E-state index is 12.7. The average molecular weight is 536 g/mol. The highest BCUT2D eigenvalue weighted by molar-refractivity contribution is 9.10. The first-order valence-corrected chi connectivity index (χ1v) is 11.2. The number of hydrogen-bond donors (Lipinski definition) is 1. The van der Waals surface area contributed by atoms with Crippen LogP contribution < -0.4 is 14.8 Å². The fourth-order valence-electron chi connectivity index (χ4n) is 3.18. The van der Waals surface area contributed by atoms with Crippen LogP contribution in [0.25, 0.3) is 6.08 Å². The van der Waals surface area contributed by atoms with Crippen molar-refractivity contribution in [2.75, 3.05) is 12.4 Å². The van der Waals surface area contributed by atoms with Gasteiger partial charge in [-0.25, -0.2) is 0 Å². The predicted molar refractivity (Wildman–Crippen MR) is 136 cm³/mol. The summed E-state index contributed by atoms with van der Waals surface area (Å²) in [6, 6.07) is 16.9. The van der Waals surface area contributed by atoms with Crippen LogP contribution in [0.3, 0.4) is 0 Å². The molecule has 0 aliphatic rings. The Morgan fingerprint density at radius 3 is 2.57 bits per heavy atom. The fraction of sp³-hybridized carbons (Fsp3) is 0.154. The van der Waals surface area contributed by atoms with Gasteiger partial charge in [-0.05, 0) is 66.4 Å². The summed E-state index contributed by atoms with van der Waals surface area (Å²) >= 11 is 3.45. The van der Waals surface area contributed by atoms with E-state index in [4.69, 9.17) is 9.47 Å². The Morgan fingerprint density at radius 1 is 1.14 bits per heavy atom. The number of non-ortho nitro benzene ring substituents is 1. The number of nitriles is 1. The van der Waals surface area contributed by atoms with Gasteiger partial charge >= 0.3 is 0 Å². The third kappa shape index (κ3) is 6.46. The number of benzene rings is 3. The minimum atomic E-state index is -0.535. The fourth-order valence-corrected chi connectivity index (χ4v) is 3.61. The normalized spacial score (nSPS) is 10.9. The van der Waals surface area contributed by atoms with Crippen LogP contribution in [-0.4, -0.2) is 17.9 Å². The quantitative estimate of drug-likeness (QED) is 0.161. The number of halogens is 1. The van der Waals surface area contributed by atoms with E-state index in [0.717, 1.165) is 11.1 Å². The third-order valence-corrected chi connectivity index (χ3v) is 5.92. The second kappa shape index (κ2) is 11.3. The van der Waals surface area contributed by atoms with Gasteiger partial charge in [0, 0.05) is 22.3 Å². The molecule has 3 aromatic carbocycles. The lowest BCUT2D eigenvalue weighted by molar-refractivity contribution is -0.384. The topological polar surface area (TPSA) is 114 Å². The van der Waals surface area contributed by atoms with E-state index < -0.39 is 10.8 Å². The number of anilines is 1. The molecule has 178 valence electrons. The number of nitrogens with one attached hydrogen (secondary N) is 1. The number of amides is 1. The Kier molecular flexibility index (Phi) is 8.23. The van der Waals surface area contributed by atoms with Crippen molar-refractivity contribution in [3.63, 3.8) is 0 Å². The van der Waals surface area contributed by atoms with E-state index in [2.05, 4.69) is 21.2 Å². The number of ether oxygens (including phenoxy) is 2. The van der Waals surface area contributed by atoms with Crippen LogP contribution >= 0.6 is 15.9 Å². The molecule has 1 amide bonds. The van der Waals surface area contributed by atoms with Crippen molar-refractivity contribution in [2.45, 2.75) is 20.5 Å². The molecule has 0 fully saturated rings. The Hall–Kier alpha value is -4.16. The summed E-state index contributed by atoms with van der Waals surface area (Å²) in [6.45, 7) is 4.00. The molecule has 0 spiro atoms. The number of rotatable bonds is 8. The van der Waals surface area contributed by atoms with Gasteiger partial charge in [0.2, 0.25) is 0 Å². The van der Waals surface area contributed by atoms with Crippen molar-refractivity contribution in [1.82, 2.24) is 0 Å². The Balaban J connectivity index is 1.82. The lowest BCUT2D eigenvalue weighted by Crippen LogP contribution is -2.13. The molecule has 3 rings (SSSR count). The van der Waals surface area contributed by atoms with Gasteiger partial charge in [0.1, 0.15) is 18.2 Å². The lowest BCUT2D eigenvalue weighted by Gasteiger charge is -2.13. The van der Waals surface area contributed by atoms with Crippen LogP contribution in [0.4, 0.5) is 11.4 Å². The van der Waals surface area contributed by atoms with Crippen LogP contribution in [0.1, 0.15) is 22.3 Å². The zero-order valence-corrected chi connectivity index (χ0v) is 20.9. The number of carbonyl (C=O) groups excluding carboxylic acids is 1. The van der Waals surface area contributed by atoms with E-state index in [1.54, 1.807) is 30.3 Å². The number of aryl methyl sites for hydroxylation is 2. The number of nitro benzene ring substituents is 1. The van der Waals surface area contributed by atoms with Gasteiger partial charge in [-0.1, -0.05) is 34.1 Å². The van der Waals surface area contributed by atoms with E-state index in [1.165, 1.54) is 25.3 Å². The van der Waals surface area contributed by atoms with Crippen LogP contribution in [0.15, 0.2) is 64.6 Å². The number of hydrogen-bond acceptors (Lipinski definition) is 6. The summed E-state index contributed by atoms with van der Waals surface area (Å²) < 4.78 is 11.8. The summed E-state index contributed by atoms with van der Waals surface area (Å²) in [6.07, 6.45) is 1.45. The highest BCUT2D eigenvalue weighted by Crippen LogP contribution is 2.35. The van der Waals surface area contributed by atoms with Crippen LogP contribution in [0.2, 0.25) is 0 Å². The van der Waals surface area contributed by atoms with Crippen molar-refractivity contribution in [3.8, 4) is 17.6 Å². The molecule has 0 aliphatic carbocycles. The molecule has 0 aliphatic heterocycles. The van der Waals surface area contributed by atoms with E-state index in [9.17, 15) is 20.2 Å². The molecule has 1 N–H and O–H groups in total. The van der Waals surface area contributed by atoms with Gasteiger partial charge in [0.15, 0.2) is 11.5 Å². The summed E-state index contributed by atoms with van der Waals surface area (Å²) in [7, 11) is 1.47. The van der Waals surface area contributed by atoms with Crippen LogP contribution in [0, 0.1) is 35.3 Å². The second-order valence-corrected chi connectivity index (χ2v) is 8.52. The Labute approximate surface area is 211 Å². The molecule has 9 heteroatoms. The van der Waals surface area contributed by atoms with E-state index in [0.29, 0.717) is 32.8 Å². The predicted octanol–water partition coefficient (Wildman–Crippen LogP) is 6.11. The van der Waals surface area contributed by atoms with Gasteiger partial charge in [-0.3, -0.25) is 14.9 Å². The Morgan fingerprint density at radius 2 is 1.91 bits per heavy atom. The summed E-state index contributed by atoms with van der Waals surface area (Å²) in [5.74, 6) is 0.227. The Bertz CT molecular complexity index is 1360. The van der Waals surface area contributed by atoms with Gasteiger partial charge in [0.25, 0.3) is 11.6 Å². The van der Waals surface area contributed by atoms with Gasteiger partial charge in [-0.15, -0.1) is 0 Å². The van der Waals surface area contributed by atoms with E-state index in [-0.39, 0.29) is 17.9 Å². The summed E-state index contributed by atoms with van der Waals surface area (Å²) in [5, 5.41) is 23.3. The first kappa shape index (κ1) is 25.5. The minimum Gasteiger partial charge on any atom is -0.493 e. The molecule has 0 saturated heterocycles. The standard InChI is InChI=1S/C26H22BrN3O5/c1-16-7-8-21(9-17(16)2)29-26(31)20(14-28)11-19-12-24(34-3)25(13-23(19)27)35-15-18-5-4-6-22(10-18)30(32)33/h4-13H,15H2,1-3H3,(H,29,31)/b20-11+. The molecule has 0 bridgehead atoms. The number of nitrogens with zero attached hydrogens (tertiary/aromatic N) is 2. The van der Waals surface area contributed by atoms with Crippen molar-refractivity contribution >= 4 is 39.3 Å². The molecule has 0 aromatic heterocycles. The maximum atomic E-state index is 12.7. The van der Waals surface area contributed by atoms with Gasteiger partial charge < -0.3 is 14.8 Å². The largest absolute Gasteiger partial charge is 0.493 e. The van der Waals surface area contributed by atoms with Crippen molar-refractivity contribution in [2.24, 2.45) is 0 Å². The van der Waals surface area contributed by atoms with E-state index >= 15 is 0 Å². The SMILES string of the molecule is COc1cc(/C=C(\C#N)C(=O)Nc2ccc(C)c(C)c2)c(Br)cc1OCc1cccc([N+](=O)[O-])c1. The molecule has 8 nitrogen and oxygen atoms in total. The number of methoxy groups -OCH3 is 1. The zero-order valence-electron chi connectivity index (χ0n) is 19.3. The smallest absolute Gasteiger partial charge is 0.269 e.